The Hall–Kier alpha value is -0.780. The number of carbonyl (C=O) groups is 1. The van der Waals surface area contributed by atoms with Gasteiger partial charge in [0.15, 0.2) is 0 Å². The summed E-state index contributed by atoms with van der Waals surface area (Å²) in [6, 6.07) is 5.67. The van der Waals surface area contributed by atoms with Crippen LogP contribution in [0.3, 0.4) is 0 Å². The molecule has 0 unspecified atom stereocenters. The monoisotopic (exact) mass is 348 g/mol. The minimum atomic E-state index is 0. The molecule has 0 bridgehead atoms. The highest BCUT2D eigenvalue weighted by Crippen LogP contribution is 2.24. The van der Waals surface area contributed by atoms with Crippen molar-refractivity contribution >= 4 is 34.2 Å². The molecule has 1 amide bonds. The van der Waals surface area contributed by atoms with Crippen LogP contribution in [0, 0.1) is 0 Å². The number of methoxy groups -OCH3 is 1. The lowest BCUT2D eigenvalue weighted by atomic mass is 10.1. The van der Waals surface area contributed by atoms with E-state index in [2.05, 4.69) is 28.2 Å². The van der Waals surface area contributed by atoms with Crippen molar-refractivity contribution in [3.63, 3.8) is 0 Å². The van der Waals surface area contributed by atoms with Crippen LogP contribution >= 0.6 is 28.3 Å². The highest BCUT2D eigenvalue weighted by atomic mass is 79.9. The summed E-state index contributed by atoms with van der Waals surface area (Å²) in [7, 11) is 1.60. The zero-order valence-corrected chi connectivity index (χ0v) is 13.4. The molecule has 0 radical (unpaired) electrons. The van der Waals surface area contributed by atoms with Gasteiger partial charge in [0.05, 0.1) is 12.7 Å². The Kier molecular flexibility index (Phi) is 6.10. The average molecular weight is 350 g/mol. The first kappa shape index (κ1) is 16.3. The summed E-state index contributed by atoms with van der Waals surface area (Å²) < 4.78 is 5.97. The van der Waals surface area contributed by atoms with E-state index in [0.717, 1.165) is 24.1 Å². The Morgan fingerprint density at radius 1 is 1.53 bits per heavy atom. The number of ether oxygens (including phenoxy) is 1. The first-order valence-electron chi connectivity index (χ1n) is 5.98. The molecule has 6 heteroatoms. The third-order valence-corrected chi connectivity index (χ3v) is 3.86. The second-order valence-electron chi connectivity index (χ2n) is 4.40. The second kappa shape index (κ2) is 7.12. The number of amides is 1. The highest BCUT2D eigenvalue weighted by Gasteiger charge is 2.25. The fourth-order valence-corrected chi connectivity index (χ4v) is 2.51. The molecule has 0 aromatic heterocycles. The van der Waals surface area contributed by atoms with Crippen LogP contribution in [-0.4, -0.2) is 43.6 Å². The molecule has 1 aromatic rings. The molecule has 1 saturated heterocycles. The number of benzene rings is 1. The maximum Gasteiger partial charge on any atom is 0.255 e. The van der Waals surface area contributed by atoms with E-state index in [-0.39, 0.29) is 24.4 Å². The molecule has 0 saturated carbocycles. The van der Waals surface area contributed by atoms with Crippen LogP contribution < -0.4 is 10.1 Å². The van der Waals surface area contributed by atoms with Crippen molar-refractivity contribution in [2.75, 3.05) is 26.7 Å². The van der Waals surface area contributed by atoms with Crippen molar-refractivity contribution in [3.8, 4) is 5.75 Å². The minimum Gasteiger partial charge on any atom is -0.497 e. The first-order chi connectivity index (χ1) is 8.63. The molecule has 1 N–H and O–H groups in total. The number of rotatable bonds is 2. The molecule has 1 atom stereocenters. The van der Waals surface area contributed by atoms with E-state index in [4.69, 9.17) is 4.74 Å². The standard InChI is InChI=1S/C13H17BrN2O2.ClH/c1-9-8-15-5-6-16(9)13(17)11-7-10(18-2)3-4-12(11)14;/h3-4,7,9,15H,5-6,8H2,1-2H3;1H/t9-;/m1./s1. The van der Waals surface area contributed by atoms with E-state index in [1.54, 1.807) is 13.2 Å². The third kappa shape index (κ3) is 3.61. The molecule has 106 valence electrons. The van der Waals surface area contributed by atoms with Gasteiger partial charge in [-0.25, -0.2) is 0 Å². The summed E-state index contributed by atoms with van der Waals surface area (Å²) in [4.78, 5) is 14.4. The van der Waals surface area contributed by atoms with E-state index in [0.29, 0.717) is 11.3 Å². The number of nitrogens with one attached hydrogen (secondary N) is 1. The lowest BCUT2D eigenvalue weighted by molar-refractivity contribution is 0.0654. The van der Waals surface area contributed by atoms with E-state index in [9.17, 15) is 4.79 Å². The molecule has 19 heavy (non-hydrogen) atoms. The van der Waals surface area contributed by atoms with Crippen LogP contribution in [0.4, 0.5) is 0 Å². The van der Waals surface area contributed by atoms with Gasteiger partial charge in [0.2, 0.25) is 0 Å². The van der Waals surface area contributed by atoms with E-state index >= 15 is 0 Å². The van der Waals surface area contributed by atoms with Crippen molar-refractivity contribution in [2.24, 2.45) is 0 Å². The average Bonchev–Trinajstić information content (AvgIpc) is 2.39. The predicted octanol–water partition coefficient (Wildman–Crippen LogP) is 2.31. The van der Waals surface area contributed by atoms with Crippen molar-refractivity contribution in [3.05, 3.63) is 28.2 Å². The van der Waals surface area contributed by atoms with Crippen molar-refractivity contribution < 1.29 is 9.53 Å². The number of hydrogen-bond donors (Lipinski definition) is 1. The predicted molar refractivity (Wildman–Crippen MR) is 81.3 cm³/mol. The summed E-state index contributed by atoms with van der Waals surface area (Å²) in [5.74, 6) is 0.749. The molecule has 1 aliphatic heterocycles. The molecule has 1 aliphatic rings. The van der Waals surface area contributed by atoms with E-state index < -0.39 is 0 Å². The molecule has 1 heterocycles. The maximum atomic E-state index is 12.5. The number of halogens is 2. The van der Waals surface area contributed by atoms with Gasteiger partial charge >= 0.3 is 0 Å². The SMILES string of the molecule is COc1ccc(Br)c(C(=O)N2CCNC[C@H]2C)c1.Cl. The van der Waals surface area contributed by atoms with Crippen molar-refractivity contribution in [1.29, 1.82) is 0 Å². The van der Waals surface area contributed by atoms with E-state index in [1.165, 1.54) is 0 Å². The fraction of sp³-hybridized carbons (Fsp3) is 0.462. The Morgan fingerprint density at radius 3 is 2.89 bits per heavy atom. The van der Waals surface area contributed by atoms with Crippen LogP contribution in [0.15, 0.2) is 22.7 Å². The Bertz CT molecular complexity index is 456. The highest BCUT2D eigenvalue weighted by molar-refractivity contribution is 9.10. The quantitative estimate of drug-likeness (QED) is 0.891. The third-order valence-electron chi connectivity index (χ3n) is 3.17. The smallest absolute Gasteiger partial charge is 0.255 e. The van der Waals surface area contributed by atoms with Crippen LogP contribution in [-0.2, 0) is 0 Å². The summed E-state index contributed by atoms with van der Waals surface area (Å²) in [6.45, 7) is 4.48. The normalized spacial score (nSPS) is 18.7. The summed E-state index contributed by atoms with van der Waals surface area (Å²) in [6.07, 6.45) is 0. The Morgan fingerprint density at radius 2 is 2.26 bits per heavy atom. The zero-order valence-electron chi connectivity index (χ0n) is 11.0. The van der Waals surface area contributed by atoms with Gasteiger partial charge in [-0.15, -0.1) is 12.4 Å². The van der Waals surface area contributed by atoms with Crippen LogP contribution in [0.25, 0.3) is 0 Å². The Balaban J connectivity index is 0.00000180. The molecule has 1 aromatic carbocycles. The van der Waals surface area contributed by atoms with Gasteiger partial charge < -0.3 is 15.0 Å². The molecule has 1 fully saturated rings. The van der Waals surface area contributed by atoms with Crippen molar-refractivity contribution in [2.45, 2.75) is 13.0 Å². The van der Waals surface area contributed by atoms with Gasteiger partial charge in [-0.3, -0.25) is 4.79 Å². The largest absolute Gasteiger partial charge is 0.497 e. The topological polar surface area (TPSA) is 41.6 Å². The van der Waals surface area contributed by atoms with Gasteiger partial charge in [0, 0.05) is 30.1 Å². The number of hydrogen-bond acceptors (Lipinski definition) is 3. The van der Waals surface area contributed by atoms with Crippen LogP contribution in [0.1, 0.15) is 17.3 Å². The zero-order chi connectivity index (χ0) is 13.1. The van der Waals surface area contributed by atoms with Gasteiger partial charge in [-0.1, -0.05) is 0 Å². The first-order valence-corrected chi connectivity index (χ1v) is 6.78. The number of piperazine rings is 1. The summed E-state index contributed by atoms with van der Waals surface area (Å²) in [5.41, 5.74) is 0.656. The lowest BCUT2D eigenvalue weighted by Crippen LogP contribution is -2.52. The number of carbonyl (C=O) groups excluding carboxylic acids is 1. The van der Waals surface area contributed by atoms with Crippen molar-refractivity contribution in [1.82, 2.24) is 10.2 Å². The maximum absolute atomic E-state index is 12.5. The Labute approximate surface area is 128 Å². The number of nitrogens with zero attached hydrogens (tertiary/aromatic N) is 1. The molecule has 0 spiro atoms. The fourth-order valence-electron chi connectivity index (χ4n) is 2.09. The van der Waals surface area contributed by atoms with Gasteiger partial charge in [0.25, 0.3) is 5.91 Å². The molecule has 4 nitrogen and oxygen atoms in total. The summed E-state index contributed by atoms with van der Waals surface area (Å²) >= 11 is 3.43. The molecular weight excluding hydrogens is 332 g/mol. The molecular formula is C13H18BrClN2O2. The molecule has 2 rings (SSSR count). The minimum absolute atomic E-state index is 0. The van der Waals surface area contributed by atoms with Crippen LogP contribution in [0.5, 0.6) is 5.75 Å². The second-order valence-corrected chi connectivity index (χ2v) is 5.25. The van der Waals surface area contributed by atoms with Crippen LogP contribution in [0.2, 0.25) is 0 Å². The van der Waals surface area contributed by atoms with Gasteiger partial charge in [-0.2, -0.15) is 0 Å². The lowest BCUT2D eigenvalue weighted by Gasteiger charge is -2.34. The van der Waals surface area contributed by atoms with Gasteiger partial charge in [0.1, 0.15) is 5.75 Å². The summed E-state index contributed by atoms with van der Waals surface area (Å²) in [5, 5.41) is 3.28. The van der Waals surface area contributed by atoms with Gasteiger partial charge in [-0.05, 0) is 41.1 Å². The van der Waals surface area contributed by atoms with E-state index in [1.807, 2.05) is 17.0 Å². The molecule has 0 aliphatic carbocycles.